The molecule has 0 saturated carbocycles. The molecule has 4 atom stereocenters. The Kier molecular flexibility index (Phi) is 3.56. The number of hydrogen-bond donors (Lipinski definition) is 2. The van der Waals surface area contributed by atoms with Crippen molar-refractivity contribution in [3.8, 4) is 0 Å². The summed E-state index contributed by atoms with van der Waals surface area (Å²) in [5.74, 6) is -2.88. The summed E-state index contributed by atoms with van der Waals surface area (Å²) >= 11 is 0. The standard InChI is InChI=1S/C19H20FN3O3/c1-4-7-23-16(24)13-14(17(23)25)19(22-15(13)9(2)3)11-8-10(20)5-6-12(11)21-18(19)26/h4-6,8-9,13-15,22H,1,7H2,2-3H3,(H,21,26)/p+1/t13-,14-,15+,19-/m1/s1. The van der Waals surface area contributed by atoms with Gasteiger partial charge >= 0.3 is 0 Å². The zero-order valence-corrected chi connectivity index (χ0v) is 14.7. The van der Waals surface area contributed by atoms with E-state index in [4.69, 9.17) is 0 Å². The predicted molar refractivity (Wildman–Crippen MR) is 91.2 cm³/mol. The summed E-state index contributed by atoms with van der Waals surface area (Å²) in [7, 11) is 0. The molecule has 0 radical (unpaired) electrons. The van der Waals surface area contributed by atoms with E-state index >= 15 is 0 Å². The van der Waals surface area contributed by atoms with Gasteiger partial charge in [0.15, 0.2) is 0 Å². The van der Waals surface area contributed by atoms with E-state index in [0.717, 1.165) is 0 Å². The number of nitrogens with zero attached hydrogens (tertiary/aromatic N) is 1. The Morgan fingerprint density at radius 3 is 2.73 bits per heavy atom. The Labute approximate surface area is 150 Å². The topological polar surface area (TPSA) is 83.1 Å². The second kappa shape index (κ2) is 5.48. The van der Waals surface area contributed by atoms with Crippen LogP contribution in [0.3, 0.4) is 0 Å². The second-order valence-corrected chi connectivity index (χ2v) is 7.58. The first-order chi connectivity index (χ1) is 12.3. The third-order valence-corrected chi connectivity index (χ3v) is 5.94. The van der Waals surface area contributed by atoms with Gasteiger partial charge in [0.2, 0.25) is 17.4 Å². The Hall–Kier alpha value is -2.54. The Morgan fingerprint density at radius 1 is 1.35 bits per heavy atom. The fourth-order valence-corrected chi connectivity index (χ4v) is 4.83. The zero-order valence-electron chi connectivity index (χ0n) is 14.7. The van der Waals surface area contributed by atoms with Crippen molar-refractivity contribution in [1.29, 1.82) is 0 Å². The van der Waals surface area contributed by atoms with E-state index in [9.17, 15) is 18.8 Å². The number of nitrogens with one attached hydrogen (secondary N) is 1. The lowest BCUT2D eigenvalue weighted by Crippen LogP contribution is -2.99. The fraction of sp³-hybridized carbons (Fsp3) is 0.421. The molecule has 4 rings (SSSR count). The lowest BCUT2D eigenvalue weighted by molar-refractivity contribution is -0.738. The van der Waals surface area contributed by atoms with Gasteiger partial charge in [0.1, 0.15) is 23.7 Å². The molecule has 0 unspecified atom stereocenters. The molecule has 0 bridgehead atoms. The molecule has 3 aliphatic rings. The number of rotatable bonds is 3. The van der Waals surface area contributed by atoms with Crippen molar-refractivity contribution in [1.82, 2.24) is 4.90 Å². The van der Waals surface area contributed by atoms with Crippen LogP contribution in [0.1, 0.15) is 19.4 Å². The van der Waals surface area contributed by atoms with Crippen LogP contribution in [-0.4, -0.2) is 35.2 Å². The Bertz CT molecular complexity index is 852. The van der Waals surface area contributed by atoms with Gasteiger partial charge < -0.3 is 10.6 Å². The predicted octanol–water partition coefficient (Wildman–Crippen LogP) is 0.362. The van der Waals surface area contributed by atoms with Gasteiger partial charge in [0, 0.05) is 18.0 Å². The molecule has 2 fully saturated rings. The smallest absolute Gasteiger partial charge is 0.291 e. The summed E-state index contributed by atoms with van der Waals surface area (Å²) in [6.07, 6.45) is 1.50. The van der Waals surface area contributed by atoms with Gasteiger partial charge in [-0.05, 0) is 18.2 Å². The summed E-state index contributed by atoms with van der Waals surface area (Å²) < 4.78 is 14.0. The van der Waals surface area contributed by atoms with E-state index in [0.29, 0.717) is 11.3 Å². The number of fused-ring (bicyclic) bond motifs is 4. The minimum absolute atomic E-state index is 0.0627. The van der Waals surface area contributed by atoms with E-state index in [1.54, 1.807) is 0 Å². The minimum Gasteiger partial charge on any atom is -0.326 e. The summed E-state index contributed by atoms with van der Waals surface area (Å²) in [4.78, 5) is 40.3. The van der Waals surface area contributed by atoms with Crippen LogP contribution < -0.4 is 10.6 Å². The maximum Gasteiger partial charge on any atom is 0.291 e. The van der Waals surface area contributed by atoms with Gasteiger partial charge in [-0.3, -0.25) is 19.3 Å². The number of imide groups is 1. The Morgan fingerprint density at radius 2 is 2.08 bits per heavy atom. The van der Waals surface area contributed by atoms with E-state index in [1.165, 1.54) is 29.2 Å². The highest BCUT2D eigenvalue weighted by Gasteiger charge is 2.74. The van der Waals surface area contributed by atoms with Crippen LogP contribution in [0, 0.1) is 23.6 Å². The maximum absolute atomic E-state index is 14.0. The molecule has 0 aromatic heterocycles. The van der Waals surface area contributed by atoms with Gasteiger partial charge in [-0.2, -0.15) is 0 Å². The first kappa shape index (κ1) is 16.9. The average Bonchev–Trinajstić information content (AvgIpc) is 3.17. The van der Waals surface area contributed by atoms with Crippen molar-refractivity contribution >= 4 is 23.4 Å². The third kappa shape index (κ3) is 1.92. The highest BCUT2D eigenvalue weighted by molar-refractivity contribution is 6.13. The molecule has 1 aromatic carbocycles. The largest absolute Gasteiger partial charge is 0.326 e. The molecule has 1 aromatic rings. The molecule has 3 N–H and O–H groups in total. The molecule has 0 aliphatic carbocycles. The monoisotopic (exact) mass is 358 g/mol. The first-order valence-corrected chi connectivity index (χ1v) is 8.76. The van der Waals surface area contributed by atoms with E-state index in [-0.39, 0.29) is 36.2 Å². The highest BCUT2D eigenvalue weighted by Crippen LogP contribution is 2.49. The molecule has 2 saturated heterocycles. The molecule has 26 heavy (non-hydrogen) atoms. The van der Waals surface area contributed by atoms with Crippen LogP contribution in [0.5, 0.6) is 0 Å². The van der Waals surface area contributed by atoms with Gasteiger partial charge in [-0.15, -0.1) is 6.58 Å². The van der Waals surface area contributed by atoms with Gasteiger partial charge in [-0.25, -0.2) is 4.39 Å². The fourth-order valence-electron chi connectivity index (χ4n) is 4.83. The minimum atomic E-state index is -1.31. The lowest BCUT2D eigenvalue weighted by atomic mass is 9.76. The van der Waals surface area contributed by atoms with Gasteiger partial charge in [0.05, 0.1) is 5.69 Å². The van der Waals surface area contributed by atoms with Crippen LogP contribution in [0.2, 0.25) is 0 Å². The van der Waals surface area contributed by atoms with Crippen LogP contribution in [-0.2, 0) is 19.9 Å². The van der Waals surface area contributed by atoms with Crippen molar-refractivity contribution < 1.29 is 24.1 Å². The van der Waals surface area contributed by atoms with E-state index in [1.807, 2.05) is 19.2 Å². The number of anilines is 1. The number of amides is 3. The van der Waals surface area contributed by atoms with Crippen LogP contribution in [0.4, 0.5) is 10.1 Å². The van der Waals surface area contributed by atoms with Crippen molar-refractivity contribution in [2.45, 2.75) is 25.4 Å². The normalized spacial score (nSPS) is 32.4. The summed E-state index contributed by atoms with van der Waals surface area (Å²) in [6, 6.07) is 3.84. The molecular weight excluding hydrogens is 337 g/mol. The lowest BCUT2D eigenvalue weighted by Gasteiger charge is -2.26. The highest BCUT2D eigenvalue weighted by atomic mass is 19.1. The number of carbonyl (C=O) groups is 3. The van der Waals surface area contributed by atoms with Gasteiger partial charge in [0.25, 0.3) is 5.91 Å². The van der Waals surface area contributed by atoms with Gasteiger partial charge in [-0.1, -0.05) is 19.9 Å². The number of halogens is 1. The van der Waals surface area contributed by atoms with Crippen molar-refractivity contribution in [3.05, 3.63) is 42.2 Å². The molecular formula is C19H21FN3O3+. The molecule has 3 heterocycles. The second-order valence-electron chi connectivity index (χ2n) is 7.58. The molecule has 136 valence electrons. The summed E-state index contributed by atoms with van der Waals surface area (Å²) in [5.41, 5.74) is -0.361. The molecule has 1 spiro atoms. The number of hydrogen-bond acceptors (Lipinski definition) is 3. The van der Waals surface area contributed by atoms with E-state index < -0.39 is 23.2 Å². The van der Waals surface area contributed by atoms with Crippen molar-refractivity contribution in [2.24, 2.45) is 17.8 Å². The summed E-state index contributed by atoms with van der Waals surface area (Å²) in [5, 5.41) is 4.59. The maximum atomic E-state index is 14.0. The number of likely N-dealkylation sites (tertiary alicyclic amines) is 1. The SMILES string of the molecule is C=CCN1C(=O)[C@H]2[C@H](C(C)C)[NH2+][C@@]3(C(=O)Nc4ccc(F)cc43)[C@H]2C1=O. The third-order valence-electron chi connectivity index (χ3n) is 5.94. The van der Waals surface area contributed by atoms with Crippen LogP contribution in [0.25, 0.3) is 0 Å². The summed E-state index contributed by atoms with van der Waals surface area (Å²) in [6.45, 7) is 7.65. The number of quaternary nitrogens is 1. The van der Waals surface area contributed by atoms with Crippen molar-refractivity contribution in [2.75, 3.05) is 11.9 Å². The molecule has 3 aliphatic heterocycles. The van der Waals surface area contributed by atoms with Crippen LogP contribution >= 0.6 is 0 Å². The number of carbonyl (C=O) groups excluding carboxylic acids is 3. The number of nitrogens with two attached hydrogens (primary N) is 1. The zero-order chi connectivity index (χ0) is 18.8. The molecule has 6 nitrogen and oxygen atoms in total. The number of benzene rings is 1. The van der Waals surface area contributed by atoms with Crippen molar-refractivity contribution in [3.63, 3.8) is 0 Å². The van der Waals surface area contributed by atoms with Crippen LogP contribution in [0.15, 0.2) is 30.9 Å². The molecule has 7 heteroatoms. The molecule has 3 amide bonds. The quantitative estimate of drug-likeness (QED) is 0.605. The Balaban J connectivity index is 1.92. The van der Waals surface area contributed by atoms with E-state index in [2.05, 4.69) is 11.9 Å². The first-order valence-electron chi connectivity index (χ1n) is 8.76. The average molecular weight is 358 g/mol.